The van der Waals surface area contributed by atoms with Crippen molar-refractivity contribution in [2.24, 2.45) is 0 Å². The number of nitrogens with zero attached hydrogens (tertiary/aromatic N) is 6. The summed E-state index contributed by atoms with van der Waals surface area (Å²) in [5.41, 5.74) is 0.335. The number of carbonyl (C=O) groups is 2. The zero-order valence-corrected chi connectivity index (χ0v) is 15.5. The molecular weight excluding hydrogens is 388 g/mol. The van der Waals surface area contributed by atoms with E-state index in [2.05, 4.69) is 15.0 Å². The van der Waals surface area contributed by atoms with Gasteiger partial charge in [-0.1, -0.05) is 11.6 Å². The lowest BCUT2D eigenvalue weighted by atomic mass is 10.3. The Morgan fingerprint density at radius 1 is 1.18 bits per heavy atom. The zero-order chi connectivity index (χ0) is 19.8. The molecule has 1 aliphatic rings. The third-order valence-corrected chi connectivity index (χ3v) is 4.59. The van der Waals surface area contributed by atoms with Crippen molar-refractivity contribution in [1.82, 2.24) is 29.3 Å². The van der Waals surface area contributed by atoms with Crippen molar-refractivity contribution in [3.05, 3.63) is 35.7 Å². The molecule has 0 aromatic carbocycles. The number of piperazine rings is 1. The number of halogens is 1. The number of amides is 2. The number of hydrogen-bond donors (Lipinski definition) is 1. The fourth-order valence-electron chi connectivity index (χ4n) is 2.83. The van der Waals surface area contributed by atoms with E-state index in [0.29, 0.717) is 18.1 Å². The van der Waals surface area contributed by atoms with Gasteiger partial charge in [-0.15, -0.1) is 0 Å². The summed E-state index contributed by atoms with van der Waals surface area (Å²) in [6.45, 7) is 0.640. The molecule has 0 spiro atoms. The molecule has 0 atom stereocenters. The van der Waals surface area contributed by atoms with Gasteiger partial charge in [0, 0.05) is 38.7 Å². The van der Waals surface area contributed by atoms with E-state index in [1.807, 2.05) is 0 Å². The van der Waals surface area contributed by atoms with Crippen LogP contribution in [-0.2, 0) is 4.79 Å². The van der Waals surface area contributed by atoms with Crippen LogP contribution in [0.4, 0.5) is 4.79 Å². The minimum Gasteiger partial charge on any atom is -0.493 e. The first-order chi connectivity index (χ1) is 13.5. The molecule has 3 aromatic rings. The minimum atomic E-state index is -0.735. The van der Waals surface area contributed by atoms with E-state index in [1.165, 1.54) is 33.0 Å². The van der Waals surface area contributed by atoms with Gasteiger partial charge in [0.1, 0.15) is 12.4 Å². The van der Waals surface area contributed by atoms with Crippen LogP contribution >= 0.6 is 11.6 Å². The number of fused-ring (bicyclic) bond motifs is 1. The van der Waals surface area contributed by atoms with Crippen molar-refractivity contribution in [2.75, 3.05) is 26.7 Å². The molecule has 0 aliphatic carbocycles. The predicted octanol–water partition coefficient (Wildman–Crippen LogP) is 1.45. The van der Waals surface area contributed by atoms with Crippen LogP contribution in [0.3, 0.4) is 0 Å². The first-order valence-electron chi connectivity index (χ1n) is 8.32. The van der Waals surface area contributed by atoms with Crippen LogP contribution in [0.15, 0.2) is 30.7 Å². The molecule has 1 N–H and O–H groups in total. The maximum absolute atomic E-state index is 12.7. The molecule has 0 saturated carbocycles. The van der Waals surface area contributed by atoms with E-state index in [-0.39, 0.29) is 41.1 Å². The lowest BCUT2D eigenvalue weighted by Crippen LogP contribution is -2.51. The number of ether oxygens (including phenoxy) is 1. The first-order valence-corrected chi connectivity index (χ1v) is 8.70. The highest BCUT2D eigenvalue weighted by atomic mass is 35.5. The molecule has 3 aromatic heterocycles. The van der Waals surface area contributed by atoms with Crippen molar-refractivity contribution >= 4 is 34.6 Å². The van der Waals surface area contributed by atoms with Crippen molar-refractivity contribution in [3.63, 3.8) is 0 Å². The molecule has 1 fully saturated rings. The van der Waals surface area contributed by atoms with Gasteiger partial charge in [-0.05, 0) is 12.1 Å². The van der Waals surface area contributed by atoms with Gasteiger partial charge in [0.05, 0.1) is 5.02 Å². The number of rotatable bonds is 2. The van der Waals surface area contributed by atoms with Gasteiger partial charge in [-0.3, -0.25) is 9.69 Å². The number of hydrogen-bond acceptors (Lipinski definition) is 7. The molecule has 0 bridgehead atoms. The molecule has 2 amide bonds. The highest BCUT2D eigenvalue weighted by Gasteiger charge is 2.30. The van der Waals surface area contributed by atoms with Crippen LogP contribution < -0.4 is 4.74 Å². The highest BCUT2D eigenvalue weighted by Crippen LogP contribution is 2.37. The van der Waals surface area contributed by atoms with Crippen molar-refractivity contribution in [3.8, 4) is 17.6 Å². The van der Waals surface area contributed by atoms with Crippen molar-refractivity contribution < 1.29 is 19.4 Å². The summed E-state index contributed by atoms with van der Waals surface area (Å²) in [5.74, 6) is -0.258. The summed E-state index contributed by atoms with van der Waals surface area (Å²) in [7, 11) is 1.67. The smallest absolute Gasteiger partial charge is 0.417 e. The lowest BCUT2D eigenvalue weighted by Gasteiger charge is -2.31. The van der Waals surface area contributed by atoms with Gasteiger partial charge in [0.25, 0.3) is 0 Å². The Balaban J connectivity index is 1.75. The first kappa shape index (κ1) is 18.0. The molecule has 10 nitrogen and oxygen atoms in total. The van der Waals surface area contributed by atoms with Gasteiger partial charge in [-0.2, -0.15) is 0 Å². The lowest BCUT2D eigenvalue weighted by molar-refractivity contribution is -0.133. The standard InChI is InChI=1S/C17H15ClN6O4/c1-22-6-7-23(9-12(22)25)17(27)28-16-14-13(19-4-5-20-14)15(26)24(16)11-3-2-10(18)8-21-11/h2-5,8,26H,6-7,9H2,1H3. The summed E-state index contributed by atoms with van der Waals surface area (Å²) < 4.78 is 6.75. The van der Waals surface area contributed by atoms with E-state index in [4.69, 9.17) is 16.3 Å². The van der Waals surface area contributed by atoms with Crippen LogP contribution in [-0.4, -0.2) is 73.1 Å². The summed E-state index contributed by atoms with van der Waals surface area (Å²) in [5, 5.41) is 11.0. The number of aromatic hydroxyl groups is 1. The Kier molecular flexibility index (Phi) is 4.47. The third kappa shape index (κ3) is 3.07. The molecule has 28 heavy (non-hydrogen) atoms. The van der Waals surface area contributed by atoms with Gasteiger partial charge >= 0.3 is 6.09 Å². The van der Waals surface area contributed by atoms with Gasteiger partial charge < -0.3 is 14.7 Å². The van der Waals surface area contributed by atoms with Gasteiger partial charge in [-0.25, -0.2) is 24.3 Å². The fourth-order valence-corrected chi connectivity index (χ4v) is 2.95. The monoisotopic (exact) mass is 402 g/mol. The second-order valence-electron chi connectivity index (χ2n) is 6.16. The van der Waals surface area contributed by atoms with Gasteiger partial charge in [0.2, 0.25) is 17.7 Å². The van der Waals surface area contributed by atoms with E-state index < -0.39 is 6.09 Å². The normalized spacial score (nSPS) is 14.6. The number of carbonyl (C=O) groups excluding carboxylic acids is 2. The zero-order valence-electron chi connectivity index (χ0n) is 14.7. The average molecular weight is 403 g/mol. The van der Waals surface area contributed by atoms with E-state index >= 15 is 0 Å². The molecule has 0 radical (unpaired) electrons. The van der Waals surface area contributed by atoms with E-state index in [1.54, 1.807) is 19.2 Å². The summed E-state index contributed by atoms with van der Waals surface area (Å²) in [4.78, 5) is 39.8. The van der Waals surface area contributed by atoms with E-state index in [0.717, 1.165) is 0 Å². The molecule has 11 heteroatoms. The topological polar surface area (TPSA) is 114 Å². The van der Waals surface area contributed by atoms with Crippen molar-refractivity contribution in [1.29, 1.82) is 0 Å². The minimum absolute atomic E-state index is 0.0493. The van der Waals surface area contributed by atoms with E-state index in [9.17, 15) is 14.7 Å². The number of pyridine rings is 1. The van der Waals surface area contributed by atoms with Crippen LogP contribution in [0.5, 0.6) is 11.8 Å². The molecule has 4 heterocycles. The Hall–Kier alpha value is -3.40. The Labute approximate surface area is 163 Å². The molecule has 1 saturated heterocycles. The molecule has 144 valence electrons. The summed E-state index contributed by atoms with van der Waals surface area (Å²) >= 11 is 5.88. The molecule has 4 rings (SSSR count). The fraction of sp³-hybridized carbons (Fsp3) is 0.235. The number of aromatic nitrogens is 4. The van der Waals surface area contributed by atoms with Gasteiger partial charge in [0.15, 0.2) is 11.0 Å². The largest absolute Gasteiger partial charge is 0.493 e. The molecular formula is C17H15ClN6O4. The van der Waals surface area contributed by atoms with Crippen LogP contribution in [0.25, 0.3) is 16.9 Å². The Morgan fingerprint density at radius 2 is 1.93 bits per heavy atom. The predicted molar refractivity (Wildman–Crippen MR) is 98.6 cm³/mol. The summed E-state index contributed by atoms with van der Waals surface area (Å²) in [6, 6.07) is 3.14. The highest BCUT2D eigenvalue weighted by molar-refractivity contribution is 6.30. The Bertz CT molecular complexity index is 1070. The second-order valence-corrected chi connectivity index (χ2v) is 6.59. The van der Waals surface area contributed by atoms with Crippen LogP contribution in [0.1, 0.15) is 0 Å². The maximum atomic E-state index is 12.7. The van der Waals surface area contributed by atoms with Crippen LogP contribution in [0.2, 0.25) is 5.02 Å². The maximum Gasteiger partial charge on any atom is 0.417 e. The summed E-state index contributed by atoms with van der Waals surface area (Å²) in [6.07, 6.45) is 3.48. The van der Waals surface area contributed by atoms with Crippen molar-refractivity contribution in [2.45, 2.75) is 0 Å². The Morgan fingerprint density at radius 3 is 2.61 bits per heavy atom. The average Bonchev–Trinajstić information content (AvgIpc) is 2.97. The molecule has 1 aliphatic heterocycles. The van der Waals surface area contributed by atoms with Crippen LogP contribution in [0, 0.1) is 0 Å². The quantitative estimate of drug-likeness (QED) is 0.690. The number of likely N-dealkylation sites (N-methyl/N-ethyl adjacent to an activating group) is 1. The third-order valence-electron chi connectivity index (χ3n) is 4.37. The second kappa shape index (κ2) is 6.97. The SMILES string of the molecule is CN1CCN(C(=O)Oc2c3nccnc3c(O)n2-c2ccc(Cl)cn2)CC1=O. The molecule has 0 unspecified atom stereocenters.